The van der Waals surface area contributed by atoms with Crippen LogP contribution in [-0.4, -0.2) is 21.1 Å². The van der Waals surface area contributed by atoms with E-state index in [2.05, 4.69) is 15.3 Å². The normalized spacial score (nSPS) is 11.5. The smallest absolute Gasteiger partial charge is 0.216 e. The Morgan fingerprint density at radius 1 is 1.07 bits per heavy atom. The number of halogens is 2. The van der Waals surface area contributed by atoms with Gasteiger partial charge in [0, 0.05) is 18.1 Å². The third-order valence-corrected chi connectivity index (χ3v) is 4.48. The molecule has 0 aliphatic heterocycles. The van der Waals surface area contributed by atoms with Crippen LogP contribution in [0.4, 0.5) is 8.78 Å². The third-order valence-electron chi connectivity index (χ3n) is 4.22. The number of aromatic amines is 1. The summed E-state index contributed by atoms with van der Waals surface area (Å²) >= 11 is 5.23. The Labute approximate surface area is 158 Å². The fraction of sp³-hybridized carbons (Fsp3) is 0.0500. The van der Waals surface area contributed by atoms with Crippen molar-refractivity contribution in [1.29, 1.82) is 0 Å². The van der Waals surface area contributed by atoms with Gasteiger partial charge in [-0.3, -0.25) is 5.10 Å². The summed E-state index contributed by atoms with van der Waals surface area (Å²) < 4.78 is 28.6. The molecule has 0 aliphatic carbocycles. The second-order valence-corrected chi connectivity index (χ2v) is 6.37. The molecule has 3 aromatic carbocycles. The number of rotatable bonds is 4. The molecule has 4 rings (SSSR count). The Hall–Kier alpha value is -3.19. The molecule has 0 saturated heterocycles. The van der Waals surface area contributed by atoms with E-state index in [4.69, 9.17) is 12.2 Å². The SMILES string of the molecule is Fc1ccc(/C=N\n2c(Cc3cccc4ccccc34)n[nH]c2=S)c(F)c1. The van der Waals surface area contributed by atoms with Crippen molar-refractivity contribution >= 4 is 29.2 Å². The molecular formula is C20H14F2N4S. The fourth-order valence-corrected chi connectivity index (χ4v) is 3.10. The molecule has 0 unspecified atom stereocenters. The lowest BCUT2D eigenvalue weighted by molar-refractivity contribution is 0.582. The average molecular weight is 380 g/mol. The lowest BCUT2D eigenvalue weighted by atomic mass is 10.0. The number of benzene rings is 3. The Morgan fingerprint density at radius 2 is 1.89 bits per heavy atom. The number of H-pyrrole nitrogens is 1. The van der Waals surface area contributed by atoms with Gasteiger partial charge < -0.3 is 0 Å². The zero-order chi connectivity index (χ0) is 18.8. The Kier molecular flexibility index (Phi) is 4.60. The van der Waals surface area contributed by atoms with Crippen LogP contribution in [0.1, 0.15) is 17.0 Å². The standard InChI is InChI=1S/C20H14F2N4S/c21-16-9-8-15(18(22)11-16)12-23-26-19(24-25-20(26)27)10-14-6-3-5-13-4-1-2-7-17(13)14/h1-9,11-12H,10H2,(H,25,27)/b23-12-. The molecule has 0 atom stereocenters. The van der Waals surface area contributed by atoms with Crippen LogP contribution < -0.4 is 0 Å². The molecule has 1 aromatic heterocycles. The van der Waals surface area contributed by atoms with E-state index in [1.165, 1.54) is 23.0 Å². The molecule has 0 amide bonds. The largest absolute Gasteiger partial charge is 0.250 e. The van der Waals surface area contributed by atoms with Crippen LogP contribution in [0, 0.1) is 16.4 Å². The van der Waals surface area contributed by atoms with Gasteiger partial charge >= 0.3 is 0 Å². The maximum Gasteiger partial charge on any atom is 0.216 e. The van der Waals surface area contributed by atoms with Crippen LogP contribution in [0.3, 0.4) is 0 Å². The molecule has 7 heteroatoms. The quantitative estimate of drug-likeness (QED) is 0.407. The Morgan fingerprint density at radius 3 is 2.74 bits per heavy atom. The monoisotopic (exact) mass is 380 g/mol. The van der Waals surface area contributed by atoms with Crippen LogP contribution in [0.15, 0.2) is 65.8 Å². The van der Waals surface area contributed by atoms with Crippen LogP contribution in [0.5, 0.6) is 0 Å². The van der Waals surface area contributed by atoms with Gasteiger partial charge in [0.1, 0.15) is 11.6 Å². The van der Waals surface area contributed by atoms with Crippen molar-refractivity contribution in [1.82, 2.24) is 14.9 Å². The first kappa shape index (κ1) is 17.2. The molecule has 0 bridgehead atoms. The highest BCUT2D eigenvalue weighted by Crippen LogP contribution is 2.21. The summed E-state index contributed by atoms with van der Waals surface area (Å²) in [6.45, 7) is 0. The third kappa shape index (κ3) is 3.54. The second kappa shape index (κ2) is 7.20. The summed E-state index contributed by atoms with van der Waals surface area (Å²) in [6, 6.07) is 17.4. The molecule has 0 spiro atoms. The van der Waals surface area contributed by atoms with E-state index >= 15 is 0 Å². The van der Waals surface area contributed by atoms with Crippen molar-refractivity contribution in [3.8, 4) is 0 Å². The van der Waals surface area contributed by atoms with Crippen molar-refractivity contribution in [3.63, 3.8) is 0 Å². The number of nitrogens with zero attached hydrogens (tertiary/aromatic N) is 3. The van der Waals surface area contributed by atoms with Gasteiger partial charge in [-0.25, -0.2) is 8.78 Å². The van der Waals surface area contributed by atoms with Gasteiger partial charge in [-0.2, -0.15) is 14.9 Å². The van der Waals surface area contributed by atoms with Gasteiger partial charge in [-0.1, -0.05) is 42.5 Å². The number of hydrogen-bond donors (Lipinski definition) is 1. The molecule has 4 aromatic rings. The van der Waals surface area contributed by atoms with E-state index in [9.17, 15) is 8.78 Å². The van der Waals surface area contributed by atoms with Gasteiger partial charge in [-0.05, 0) is 40.7 Å². The van der Waals surface area contributed by atoms with E-state index in [1.807, 2.05) is 42.5 Å². The van der Waals surface area contributed by atoms with Gasteiger partial charge in [-0.15, -0.1) is 0 Å². The summed E-state index contributed by atoms with van der Waals surface area (Å²) in [5.41, 5.74) is 1.24. The highest BCUT2D eigenvalue weighted by Gasteiger charge is 2.09. The minimum Gasteiger partial charge on any atom is -0.250 e. The van der Waals surface area contributed by atoms with Gasteiger partial charge in [0.2, 0.25) is 4.77 Å². The van der Waals surface area contributed by atoms with Gasteiger partial charge in [0.15, 0.2) is 5.82 Å². The molecule has 0 fully saturated rings. The summed E-state index contributed by atoms with van der Waals surface area (Å²) in [5.74, 6) is -0.735. The van der Waals surface area contributed by atoms with Crippen LogP contribution in [0.2, 0.25) is 0 Å². The first-order chi connectivity index (χ1) is 13.1. The summed E-state index contributed by atoms with van der Waals surface area (Å²) in [4.78, 5) is 0. The second-order valence-electron chi connectivity index (χ2n) is 5.98. The van der Waals surface area contributed by atoms with Gasteiger partial charge in [0.25, 0.3) is 0 Å². The zero-order valence-corrected chi connectivity index (χ0v) is 14.9. The predicted octanol–water partition coefficient (Wildman–Crippen LogP) is 4.85. The topological polar surface area (TPSA) is 46.0 Å². The predicted molar refractivity (Wildman–Crippen MR) is 104 cm³/mol. The number of fused-ring (bicyclic) bond motifs is 1. The van der Waals surface area contributed by atoms with Crippen molar-refractivity contribution in [3.05, 3.63) is 94.0 Å². The molecule has 27 heavy (non-hydrogen) atoms. The molecule has 0 radical (unpaired) electrons. The number of hydrogen-bond acceptors (Lipinski definition) is 3. The van der Waals surface area contributed by atoms with E-state index in [0.29, 0.717) is 17.0 Å². The molecule has 0 aliphatic rings. The van der Waals surface area contributed by atoms with Crippen LogP contribution >= 0.6 is 12.2 Å². The maximum absolute atomic E-state index is 13.8. The molecule has 0 saturated carbocycles. The molecular weight excluding hydrogens is 366 g/mol. The summed E-state index contributed by atoms with van der Waals surface area (Å²) in [6.07, 6.45) is 1.80. The molecule has 134 valence electrons. The van der Waals surface area contributed by atoms with E-state index in [1.54, 1.807) is 0 Å². The van der Waals surface area contributed by atoms with Gasteiger partial charge in [0.05, 0.1) is 6.21 Å². The average Bonchev–Trinajstić information content (AvgIpc) is 3.01. The van der Waals surface area contributed by atoms with E-state index < -0.39 is 11.6 Å². The summed E-state index contributed by atoms with van der Waals surface area (Å²) in [5, 5.41) is 13.4. The Bertz CT molecular complexity index is 1200. The van der Waals surface area contributed by atoms with Crippen molar-refractivity contribution in [2.75, 3.05) is 0 Å². The molecule has 1 heterocycles. The van der Waals surface area contributed by atoms with E-state index in [0.717, 1.165) is 22.4 Å². The highest BCUT2D eigenvalue weighted by atomic mass is 32.1. The van der Waals surface area contributed by atoms with Crippen molar-refractivity contribution in [2.24, 2.45) is 5.10 Å². The minimum atomic E-state index is -0.690. The van der Waals surface area contributed by atoms with E-state index in [-0.39, 0.29) is 5.56 Å². The zero-order valence-electron chi connectivity index (χ0n) is 14.1. The number of nitrogens with one attached hydrogen (secondary N) is 1. The van der Waals surface area contributed by atoms with Crippen molar-refractivity contribution in [2.45, 2.75) is 6.42 Å². The minimum absolute atomic E-state index is 0.163. The summed E-state index contributed by atoms with van der Waals surface area (Å²) in [7, 11) is 0. The number of aromatic nitrogens is 3. The van der Waals surface area contributed by atoms with Crippen molar-refractivity contribution < 1.29 is 8.78 Å². The lowest BCUT2D eigenvalue weighted by Crippen LogP contribution is -2.01. The Balaban J connectivity index is 1.70. The first-order valence-electron chi connectivity index (χ1n) is 8.24. The highest BCUT2D eigenvalue weighted by molar-refractivity contribution is 7.71. The van der Waals surface area contributed by atoms with Crippen LogP contribution in [0.25, 0.3) is 10.8 Å². The molecule has 4 nitrogen and oxygen atoms in total. The first-order valence-corrected chi connectivity index (χ1v) is 8.65. The maximum atomic E-state index is 13.8. The fourth-order valence-electron chi connectivity index (χ4n) is 2.90. The molecule has 1 N–H and O–H groups in total. The van der Waals surface area contributed by atoms with Crippen LogP contribution in [-0.2, 0) is 6.42 Å². The lowest BCUT2D eigenvalue weighted by Gasteiger charge is -2.06.